The van der Waals surface area contributed by atoms with Gasteiger partial charge in [-0.1, -0.05) is 18.2 Å². The maximum atomic E-state index is 14.1. The van der Waals surface area contributed by atoms with E-state index in [2.05, 4.69) is 16.3 Å². The molecule has 0 amide bonds. The Labute approximate surface area is 152 Å². The van der Waals surface area contributed by atoms with Crippen LogP contribution >= 0.6 is 36.2 Å². The Kier molecular flexibility index (Phi) is 7.77. The van der Waals surface area contributed by atoms with Crippen molar-refractivity contribution < 1.29 is 9.50 Å². The molecule has 1 fully saturated rings. The Morgan fingerprint density at radius 3 is 2.52 bits per heavy atom. The number of benzene rings is 1. The standard InChI is InChI=1S/C16H19FN2OS.2ClH/c1-11-4-5-12(16(20)14(11)17)15(13-3-2-10-21-13)19-8-6-18-7-9-19;;/h2-5,10,15,18,20H,6-9H2,1H3;2*1H/t15-;;/m0../s1. The van der Waals surface area contributed by atoms with Gasteiger partial charge in [0.2, 0.25) is 0 Å². The summed E-state index contributed by atoms with van der Waals surface area (Å²) in [6.07, 6.45) is 0. The van der Waals surface area contributed by atoms with Crippen molar-refractivity contribution in [2.45, 2.75) is 13.0 Å². The van der Waals surface area contributed by atoms with Crippen LogP contribution < -0.4 is 5.32 Å². The predicted molar refractivity (Wildman–Crippen MR) is 97.9 cm³/mol. The molecule has 0 unspecified atom stereocenters. The van der Waals surface area contributed by atoms with Crippen molar-refractivity contribution >= 4 is 36.2 Å². The number of nitrogens with zero attached hydrogens (tertiary/aromatic N) is 1. The van der Waals surface area contributed by atoms with E-state index < -0.39 is 5.82 Å². The third-order valence-electron chi connectivity index (χ3n) is 3.96. The molecule has 1 aliphatic heterocycles. The average molecular weight is 379 g/mol. The third kappa shape index (κ3) is 4.17. The number of phenols is 1. The molecule has 3 nitrogen and oxygen atoms in total. The van der Waals surface area contributed by atoms with Gasteiger partial charge in [0.15, 0.2) is 11.6 Å². The first-order valence-corrected chi connectivity index (χ1v) is 8.02. The summed E-state index contributed by atoms with van der Waals surface area (Å²) in [5, 5.41) is 15.6. The van der Waals surface area contributed by atoms with Crippen LogP contribution in [-0.4, -0.2) is 36.2 Å². The number of thiophene rings is 1. The number of aromatic hydroxyl groups is 1. The van der Waals surface area contributed by atoms with Gasteiger partial charge in [-0.15, -0.1) is 36.2 Å². The molecule has 2 aromatic rings. The van der Waals surface area contributed by atoms with Crippen LogP contribution in [0.4, 0.5) is 4.39 Å². The SMILES string of the molecule is Cc1ccc([C@@H](c2cccs2)N2CCNCC2)c(O)c1F.Cl.Cl. The normalized spacial score (nSPS) is 16.3. The van der Waals surface area contributed by atoms with Crippen molar-refractivity contribution in [3.8, 4) is 5.75 Å². The summed E-state index contributed by atoms with van der Waals surface area (Å²) in [7, 11) is 0. The Bertz CT molecular complexity index is 619. The molecule has 2 heterocycles. The van der Waals surface area contributed by atoms with Gasteiger partial charge >= 0.3 is 0 Å². The fourth-order valence-electron chi connectivity index (χ4n) is 2.82. The Morgan fingerprint density at radius 2 is 1.91 bits per heavy atom. The maximum absolute atomic E-state index is 14.1. The molecule has 0 saturated carbocycles. The molecule has 1 aliphatic rings. The first-order chi connectivity index (χ1) is 10.2. The van der Waals surface area contributed by atoms with E-state index in [4.69, 9.17) is 0 Å². The van der Waals surface area contributed by atoms with Gasteiger partial charge in [0.1, 0.15) is 0 Å². The molecule has 3 rings (SSSR count). The van der Waals surface area contributed by atoms with Gasteiger partial charge in [-0.3, -0.25) is 4.90 Å². The molecule has 7 heteroatoms. The zero-order valence-corrected chi connectivity index (χ0v) is 15.2. The third-order valence-corrected chi connectivity index (χ3v) is 4.89. The van der Waals surface area contributed by atoms with E-state index in [1.807, 2.05) is 17.5 Å². The fourth-order valence-corrected chi connectivity index (χ4v) is 3.69. The van der Waals surface area contributed by atoms with Crippen LogP contribution in [0.25, 0.3) is 0 Å². The molecule has 1 aromatic carbocycles. The van der Waals surface area contributed by atoms with Crippen molar-refractivity contribution in [2.24, 2.45) is 0 Å². The lowest BCUT2D eigenvalue weighted by Crippen LogP contribution is -2.45. The van der Waals surface area contributed by atoms with Crippen molar-refractivity contribution in [2.75, 3.05) is 26.2 Å². The maximum Gasteiger partial charge on any atom is 0.168 e. The molecule has 0 spiro atoms. The number of rotatable bonds is 3. The minimum Gasteiger partial charge on any atom is -0.505 e. The van der Waals surface area contributed by atoms with Gasteiger partial charge in [-0.05, 0) is 23.9 Å². The second-order valence-corrected chi connectivity index (χ2v) is 6.32. The van der Waals surface area contributed by atoms with E-state index in [1.165, 1.54) is 0 Å². The van der Waals surface area contributed by atoms with Crippen LogP contribution in [-0.2, 0) is 0 Å². The number of phenolic OH excluding ortho intramolecular Hbond substituents is 1. The summed E-state index contributed by atoms with van der Waals surface area (Å²) < 4.78 is 14.1. The molecule has 1 saturated heterocycles. The van der Waals surface area contributed by atoms with E-state index in [9.17, 15) is 9.50 Å². The molecule has 1 atom stereocenters. The Hall–Kier alpha value is -0.850. The Balaban J connectivity index is 0.00000132. The van der Waals surface area contributed by atoms with E-state index >= 15 is 0 Å². The van der Waals surface area contributed by atoms with E-state index in [-0.39, 0.29) is 36.6 Å². The van der Waals surface area contributed by atoms with E-state index in [1.54, 1.807) is 24.3 Å². The molecule has 0 radical (unpaired) electrons. The molecule has 0 aliphatic carbocycles. The molecule has 128 valence electrons. The highest BCUT2D eigenvalue weighted by Crippen LogP contribution is 2.38. The van der Waals surface area contributed by atoms with Crippen LogP contribution in [0.3, 0.4) is 0 Å². The lowest BCUT2D eigenvalue weighted by molar-refractivity contribution is 0.197. The summed E-state index contributed by atoms with van der Waals surface area (Å²) in [5.41, 5.74) is 1.13. The van der Waals surface area contributed by atoms with E-state index in [0.29, 0.717) is 11.1 Å². The first-order valence-electron chi connectivity index (χ1n) is 7.14. The van der Waals surface area contributed by atoms with Gasteiger partial charge in [0.25, 0.3) is 0 Å². The smallest absolute Gasteiger partial charge is 0.168 e. The first kappa shape index (κ1) is 20.2. The molecule has 23 heavy (non-hydrogen) atoms. The van der Waals surface area contributed by atoms with Crippen LogP contribution in [0.5, 0.6) is 5.75 Å². The zero-order chi connectivity index (χ0) is 14.8. The molecule has 2 N–H and O–H groups in total. The topological polar surface area (TPSA) is 35.5 Å². The zero-order valence-electron chi connectivity index (χ0n) is 12.8. The van der Waals surface area contributed by atoms with Crippen LogP contribution in [0.1, 0.15) is 22.0 Å². The highest BCUT2D eigenvalue weighted by molar-refractivity contribution is 7.10. The number of hydrogen-bond donors (Lipinski definition) is 2. The summed E-state index contributed by atoms with van der Waals surface area (Å²) in [6, 6.07) is 7.56. The molecular weight excluding hydrogens is 358 g/mol. The number of aryl methyl sites for hydroxylation is 1. The number of hydrogen-bond acceptors (Lipinski definition) is 4. The van der Waals surface area contributed by atoms with Gasteiger partial charge < -0.3 is 10.4 Å². The predicted octanol–water partition coefficient (Wildman–Crippen LogP) is 3.74. The number of piperazine rings is 1. The van der Waals surface area contributed by atoms with Crippen LogP contribution in [0, 0.1) is 12.7 Å². The van der Waals surface area contributed by atoms with Gasteiger partial charge in [-0.2, -0.15) is 0 Å². The summed E-state index contributed by atoms with van der Waals surface area (Å²) in [4.78, 5) is 3.43. The van der Waals surface area contributed by atoms with Gasteiger partial charge in [0.05, 0.1) is 6.04 Å². The molecule has 1 aromatic heterocycles. The lowest BCUT2D eigenvalue weighted by atomic mass is 9.99. The van der Waals surface area contributed by atoms with Crippen molar-refractivity contribution in [1.29, 1.82) is 0 Å². The monoisotopic (exact) mass is 378 g/mol. The highest BCUT2D eigenvalue weighted by Gasteiger charge is 2.28. The number of nitrogens with one attached hydrogen (secondary N) is 1. The largest absolute Gasteiger partial charge is 0.505 e. The minimum absolute atomic E-state index is 0. The second kappa shape index (κ2) is 8.85. The highest BCUT2D eigenvalue weighted by atomic mass is 35.5. The second-order valence-electron chi connectivity index (χ2n) is 5.34. The minimum atomic E-state index is -0.510. The van der Waals surface area contributed by atoms with Crippen molar-refractivity contribution in [1.82, 2.24) is 10.2 Å². The Morgan fingerprint density at radius 1 is 1.22 bits per heavy atom. The molecular formula is C16H21Cl2FN2OS. The van der Waals surface area contributed by atoms with E-state index in [0.717, 1.165) is 31.1 Å². The summed E-state index contributed by atoms with van der Waals surface area (Å²) >= 11 is 1.64. The van der Waals surface area contributed by atoms with Gasteiger partial charge in [0, 0.05) is 36.6 Å². The van der Waals surface area contributed by atoms with Crippen LogP contribution in [0.2, 0.25) is 0 Å². The lowest BCUT2D eigenvalue weighted by Gasteiger charge is -2.35. The average Bonchev–Trinajstić information content (AvgIpc) is 3.03. The van der Waals surface area contributed by atoms with Gasteiger partial charge in [-0.25, -0.2) is 4.39 Å². The van der Waals surface area contributed by atoms with Crippen LogP contribution in [0.15, 0.2) is 29.6 Å². The van der Waals surface area contributed by atoms with Crippen molar-refractivity contribution in [3.05, 3.63) is 51.5 Å². The van der Waals surface area contributed by atoms with Crippen molar-refractivity contribution in [3.63, 3.8) is 0 Å². The fraction of sp³-hybridized carbons (Fsp3) is 0.375. The summed E-state index contributed by atoms with van der Waals surface area (Å²) in [5.74, 6) is -0.726. The summed E-state index contributed by atoms with van der Waals surface area (Å²) in [6.45, 7) is 5.27. The number of halogens is 3. The molecule has 0 bridgehead atoms. The quantitative estimate of drug-likeness (QED) is 0.853.